The number of carbonyl (C=O) groups is 1. The lowest BCUT2D eigenvalue weighted by atomic mass is 10.1. The van der Waals surface area contributed by atoms with Crippen LogP contribution in [0.3, 0.4) is 0 Å². The van der Waals surface area contributed by atoms with Crippen LogP contribution in [0.2, 0.25) is 0 Å². The Morgan fingerprint density at radius 3 is 2.68 bits per heavy atom. The number of amides is 1. The molecule has 0 atom stereocenters. The van der Waals surface area contributed by atoms with E-state index in [0.29, 0.717) is 30.4 Å². The minimum atomic E-state index is -0.500. The average Bonchev–Trinajstić information content (AvgIpc) is 2.71. The van der Waals surface area contributed by atoms with Gasteiger partial charge in [-0.1, -0.05) is 15.9 Å². The SMILES string of the molecule is N#C/C(=C\C1=Cc2cc(Br)ccc2OC1)C(=O)Nc1ccc2c(c1)OCCO2. The van der Waals surface area contributed by atoms with Gasteiger partial charge in [0, 0.05) is 21.8 Å². The summed E-state index contributed by atoms with van der Waals surface area (Å²) in [5, 5.41) is 12.2. The first-order chi connectivity index (χ1) is 13.6. The fourth-order valence-corrected chi connectivity index (χ4v) is 3.28. The van der Waals surface area contributed by atoms with Gasteiger partial charge in [0.1, 0.15) is 37.2 Å². The third kappa shape index (κ3) is 3.87. The largest absolute Gasteiger partial charge is 0.488 e. The molecule has 2 aromatic carbocycles. The van der Waals surface area contributed by atoms with Crippen LogP contribution in [0.4, 0.5) is 5.69 Å². The van der Waals surface area contributed by atoms with Crippen molar-refractivity contribution in [3.63, 3.8) is 0 Å². The van der Waals surface area contributed by atoms with Gasteiger partial charge in [-0.25, -0.2) is 0 Å². The van der Waals surface area contributed by atoms with E-state index in [4.69, 9.17) is 14.2 Å². The number of benzene rings is 2. The predicted molar refractivity (Wildman–Crippen MR) is 107 cm³/mol. The fraction of sp³-hybridized carbons (Fsp3) is 0.143. The zero-order valence-electron chi connectivity index (χ0n) is 14.7. The molecule has 0 unspecified atom stereocenters. The molecule has 0 saturated heterocycles. The van der Waals surface area contributed by atoms with Gasteiger partial charge in [-0.15, -0.1) is 0 Å². The Kier molecular flexibility index (Phi) is 5.04. The molecule has 1 amide bonds. The van der Waals surface area contributed by atoms with Gasteiger partial charge >= 0.3 is 0 Å². The van der Waals surface area contributed by atoms with Gasteiger partial charge in [0.2, 0.25) is 0 Å². The van der Waals surface area contributed by atoms with Gasteiger partial charge in [0.05, 0.1) is 0 Å². The lowest BCUT2D eigenvalue weighted by Gasteiger charge is -2.19. The molecular formula is C21H15BrN2O4. The number of anilines is 1. The molecule has 1 N–H and O–H groups in total. The van der Waals surface area contributed by atoms with Crippen LogP contribution in [0.15, 0.2) is 58.1 Å². The normalized spacial score (nSPS) is 14.9. The maximum absolute atomic E-state index is 12.5. The van der Waals surface area contributed by atoms with Crippen molar-refractivity contribution in [1.29, 1.82) is 5.26 Å². The first kappa shape index (κ1) is 18.1. The molecule has 4 rings (SSSR count). The second-order valence-corrected chi connectivity index (χ2v) is 7.09. The van der Waals surface area contributed by atoms with E-state index in [2.05, 4.69) is 21.2 Å². The summed E-state index contributed by atoms with van der Waals surface area (Å²) in [5.41, 5.74) is 2.14. The molecule has 0 spiro atoms. The van der Waals surface area contributed by atoms with E-state index >= 15 is 0 Å². The summed E-state index contributed by atoms with van der Waals surface area (Å²) < 4.78 is 17.6. The number of fused-ring (bicyclic) bond motifs is 2. The van der Waals surface area contributed by atoms with Crippen LogP contribution in [0, 0.1) is 11.3 Å². The van der Waals surface area contributed by atoms with Gasteiger partial charge in [-0.2, -0.15) is 5.26 Å². The standard InChI is InChI=1S/C21H15BrN2O4/c22-16-1-3-18-14(9-16)7-13(12-28-18)8-15(11-23)21(25)24-17-2-4-19-20(10-17)27-6-5-26-19/h1-4,7-10H,5-6,12H2,(H,24,25)/b15-8+. The third-order valence-corrected chi connectivity index (χ3v) is 4.70. The third-order valence-electron chi connectivity index (χ3n) is 4.20. The van der Waals surface area contributed by atoms with Crippen LogP contribution in [0.1, 0.15) is 5.56 Å². The number of nitrogens with one attached hydrogen (secondary N) is 1. The molecule has 0 bridgehead atoms. The molecule has 2 heterocycles. The van der Waals surface area contributed by atoms with E-state index < -0.39 is 5.91 Å². The van der Waals surface area contributed by atoms with Crippen molar-refractivity contribution in [2.45, 2.75) is 0 Å². The van der Waals surface area contributed by atoms with Crippen molar-refractivity contribution in [3.05, 3.63) is 63.7 Å². The first-order valence-corrected chi connectivity index (χ1v) is 9.37. The van der Waals surface area contributed by atoms with Gasteiger partial charge < -0.3 is 19.5 Å². The Labute approximate surface area is 170 Å². The van der Waals surface area contributed by atoms with Crippen LogP contribution in [-0.4, -0.2) is 25.7 Å². The molecule has 2 aliphatic rings. The Morgan fingerprint density at radius 2 is 1.86 bits per heavy atom. The molecule has 0 saturated carbocycles. The van der Waals surface area contributed by atoms with Gasteiger partial charge in [0.25, 0.3) is 5.91 Å². The topological polar surface area (TPSA) is 80.6 Å². The molecule has 140 valence electrons. The average molecular weight is 439 g/mol. The van der Waals surface area contributed by atoms with Crippen molar-refractivity contribution >= 4 is 33.6 Å². The number of halogens is 1. The highest BCUT2D eigenvalue weighted by atomic mass is 79.9. The van der Waals surface area contributed by atoms with E-state index in [0.717, 1.165) is 21.4 Å². The van der Waals surface area contributed by atoms with Gasteiger partial charge in [-0.3, -0.25) is 4.79 Å². The van der Waals surface area contributed by atoms with Crippen molar-refractivity contribution < 1.29 is 19.0 Å². The quantitative estimate of drug-likeness (QED) is 0.576. The molecule has 0 aliphatic carbocycles. The number of rotatable bonds is 3. The summed E-state index contributed by atoms with van der Waals surface area (Å²) >= 11 is 3.43. The maximum Gasteiger partial charge on any atom is 0.266 e. The van der Waals surface area contributed by atoms with E-state index in [-0.39, 0.29) is 12.2 Å². The van der Waals surface area contributed by atoms with E-state index in [1.54, 1.807) is 18.2 Å². The fourth-order valence-electron chi connectivity index (χ4n) is 2.90. The van der Waals surface area contributed by atoms with Crippen LogP contribution in [0.5, 0.6) is 17.2 Å². The lowest BCUT2D eigenvalue weighted by Crippen LogP contribution is -2.17. The van der Waals surface area contributed by atoms with Gasteiger partial charge in [0.15, 0.2) is 11.5 Å². The Balaban J connectivity index is 1.54. The number of ether oxygens (including phenoxy) is 3. The maximum atomic E-state index is 12.5. The summed E-state index contributed by atoms with van der Waals surface area (Å²) in [7, 11) is 0. The van der Waals surface area contributed by atoms with E-state index in [1.165, 1.54) is 6.08 Å². The second kappa shape index (κ2) is 7.79. The highest BCUT2D eigenvalue weighted by Crippen LogP contribution is 2.33. The number of nitrogens with zero attached hydrogens (tertiary/aromatic N) is 1. The Hall–Kier alpha value is -3.24. The van der Waals surface area contributed by atoms with Crippen molar-refractivity contribution in [1.82, 2.24) is 0 Å². The molecule has 0 radical (unpaired) electrons. The van der Waals surface area contributed by atoms with E-state index in [9.17, 15) is 10.1 Å². The molecular weight excluding hydrogens is 424 g/mol. The minimum absolute atomic E-state index is 0.0109. The van der Waals surface area contributed by atoms with Crippen LogP contribution < -0.4 is 19.5 Å². The predicted octanol–water partition coefficient (Wildman–Crippen LogP) is 4.08. The molecule has 0 aromatic heterocycles. The molecule has 2 aliphatic heterocycles. The summed E-state index contributed by atoms with van der Waals surface area (Å²) in [4.78, 5) is 12.5. The molecule has 7 heteroatoms. The number of hydrogen-bond acceptors (Lipinski definition) is 5. The van der Waals surface area contributed by atoms with Crippen molar-refractivity contribution in [2.24, 2.45) is 0 Å². The van der Waals surface area contributed by atoms with Crippen LogP contribution in [-0.2, 0) is 4.79 Å². The number of hydrogen-bond donors (Lipinski definition) is 1. The molecule has 28 heavy (non-hydrogen) atoms. The zero-order valence-corrected chi connectivity index (χ0v) is 16.3. The zero-order chi connectivity index (χ0) is 19.5. The highest BCUT2D eigenvalue weighted by molar-refractivity contribution is 9.10. The van der Waals surface area contributed by atoms with Crippen molar-refractivity contribution in [3.8, 4) is 23.3 Å². The Bertz CT molecular complexity index is 1050. The number of carbonyl (C=O) groups excluding carboxylic acids is 1. The van der Waals surface area contributed by atoms with Crippen LogP contribution in [0.25, 0.3) is 6.08 Å². The Morgan fingerprint density at radius 1 is 1.07 bits per heavy atom. The summed E-state index contributed by atoms with van der Waals surface area (Å²) in [6.07, 6.45) is 3.44. The van der Waals surface area contributed by atoms with Gasteiger partial charge in [-0.05, 0) is 48.1 Å². The van der Waals surface area contributed by atoms with Crippen molar-refractivity contribution in [2.75, 3.05) is 25.1 Å². The monoisotopic (exact) mass is 438 g/mol. The number of nitriles is 1. The summed E-state index contributed by atoms with van der Waals surface area (Å²) in [5.74, 6) is 1.46. The molecule has 2 aromatic rings. The first-order valence-electron chi connectivity index (χ1n) is 8.58. The summed E-state index contributed by atoms with van der Waals surface area (Å²) in [6, 6.07) is 12.8. The lowest BCUT2D eigenvalue weighted by molar-refractivity contribution is -0.112. The minimum Gasteiger partial charge on any atom is -0.488 e. The molecule has 0 fully saturated rings. The van der Waals surface area contributed by atoms with E-state index in [1.807, 2.05) is 30.3 Å². The highest BCUT2D eigenvalue weighted by Gasteiger charge is 2.16. The summed E-state index contributed by atoms with van der Waals surface area (Å²) in [6.45, 7) is 1.24. The smallest absolute Gasteiger partial charge is 0.266 e. The molecule has 6 nitrogen and oxygen atoms in total. The van der Waals surface area contributed by atoms with Crippen LogP contribution >= 0.6 is 15.9 Å². The second-order valence-electron chi connectivity index (χ2n) is 6.17.